The molecule has 3 N–H and O–H groups in total. The lowest BCUT2D eigenvalue weighted by atomic mass is 9.70. The van der Waals surface area contributed by atoms with E-state index in [2.05, 4.69) is 31.4 Å². The molecule has 0 spiro atoms. The third kappa shape index (κ3) is 4.07. The van der Waals surface area contributed by atoms with Gasteiger partial charge in [-0.25, -0.2) is 0 Å². The molecule has 2 atom stereocenters. The number of rotatable bonds is 4. The number of hydrogen-bond donors (Lipinski definition) is 3. The fourth-order valence-corrected chi connectivity index (χ4v) is 5.82. The van der Waals surface area contributed by atoms with E-state index in [1.54, 1.807) is 48.5 Å². The van der Waals surface area contributed by atoms with E-state index in [0.29, 0.717) is 39.5 Å². The predicted octanol–water partition coefficient (Wildman–Crippen LogP) is 6.54. The molecule has 2 unspecified atom stereocenters. The lowest BCUT2D eigenvalue weighted by Crippen LogP contribution is -2.36. The molecule has 0 radical (unpaired) electrons. The molecule has 0 heterocycles. The lowest BCUT2D eigenvalue weighted by Gasteiger charge is -2.40. The van der Waals surface area contributed by atoms with Gasteiger partial charge in [-0.2, -0.15) is 0 Å². The van der Waals surface area contributed by atoms with E-state index in [4.69, 9.17) is 0 Å². The molecule has 174 valence electrons. The van der Waals surface area contributed by atoms with Gasteiger partial charge in [0.05, 0.1) is 16.8 Å². The van der Waals surface area contributed by atoms with Crippen LogP contribution in [0.3, 0.4) is 0 Å². The minimum Gasteiger partial charge on any atom is -0.508 e. The average Bonchev–Trinajstić information content (AvgIpc) is 2.78. The Morgan fingerprint density at radius 2 is 1.41 bits per heavy atom. The standard InChI is InChI=1S/C29H30N2O3/c1-17-14-19(16-29(2,3)15-17)31-24-13-12-23(30-18-8-10-20(32)11-9-18)25-26(24)28(34)22-7-5-4-6-21(22)27(25)33/h4-13,17,19,30-32H,14-16H2,1-3H3. The van der Waals surface area contributed by atoms with Crippen LogP contribution in [0.25, 0.3) is 0 Å². The zero-order valence-corrected chi connectivity index (χ0v) is 19.8. The number of anilines is 3. The highest BCUT2D eigenvalue weighted by molar-refractivity contribution is 6.32. The second kappa shape index (κ2) is 8.32. The van der Waals surface area contributed by atoms with Crippen molar-refractivity contribution in [1.29, 1.82) is 0 Å². The van der Waals surface area contributed by atoms with Crippen molar-refractivity contribution in [2.24, 2.45) is 11.3 Å². The summed E-state index contributed by atoms with van der Waals surface area (Å²) in [5, 5.41) is 16.5. The van der Waals surface area contributed by atoms with Gasteiger partial charge in [-0.05, 0) is 67.0 Å². The molecule has 2 aliphatic carbocycles. The van der Waals surface area contributed by atoms with Crippen molar-refractivity contribution < 1.29 is 14.7 Å². The third-order valence-corrected chi connectivity index (χ3v) is 6.97. The molecule has 5 heteroatoms. The summed E-state index contributed by atoms with van der Waals surface area (Å²) in [4.78, 5) is 27.4. The number of ketones is 2. The summed E-state index contributed by atoms with van der Waals surface area (Å²) in [6, 6.07) is 17.7. The molecule has 34 heavy (non-hydrogen) atoms. The summed E-state index contributed by atoms with van der Waals surface area (Å²) in [6.45, 7) is 6.87. The van der Waals surface area contributed by atoms with Gasteiger partial charge in [0.1, 0.15) is 5.75 Å². The largest absolute Gasteiger partial charge is 0.508 e. The minimum absolute atomic E-state index is 0.134. The van der Waals surface area contributed by atoms with Crippen LogP contribution in [-0.4, -0.2) is 22.7 Å². The number of phenolic OH excluding ortho intramolecular Hbond substituents is 1. The molecule has 1 saturated carbocycles. The average molecular weight is 455 g/mol. The van der Waals surface area contributed by atoms with Crippen LogP contribution in [0, 0.1) is 11.3 Å². The van der Waals surface area contributed by atoms with Crippen LogP contribution >= 0.6 is 0 Å². The van der Waals surface area contributed by atoms with Crippen LogP contribution in [0.4, 0.5) is 17.1 Å². The summed E-state index contributed by atoms with van der Waals surface area (Å²) >= 11 is 0. The van der Waals surface area contributed by atoms with Gasteiger partial charge < -0.3 is 15.7 Å². The number of nitrogens with one attached hydrogen (secondary N) is 2. The van der Waals surface area contributed by atoms with Crippen molar-refractivity contribution in [3.8, 4) is 5.75 Å². The van der Waals surface area contributed by atoms with Crippen LogP contribution in [0.15, 0.2) is 60.7 Å². The SMILES string of the molecule is CC1CC(Nc2ccc(Nc3ccc(O)cc3)c3c2C(=O)c2ccccc2C3=O)CC(C)(C)C1. The molecular weight excluding hydrogens is 424 g/mol. The van der Waals surface area contributed by atoms with Crippen molar-refractivity contribution in [3.63, 3.8) is 0 Å². The summed E-state index contributed by atoms with van der Waals surface area (Å²) in [6.07, 6.45) is 3.23. The number of hydrogen-bond acceptors (Lipinski definition) is 5. The van der Waals surface area contributed by atoms with Gasteiger partial charge in [0.25, 0.3) is 0 Å². The van der Waals surface area contributed by atoms with E-state index in [1.807, 2.05) is 12.1 Å². The van der Waals surface area contributed by atoms with Gasteiger partial charge >= 0.3 is 0 Å². The quantitative estimate of drug-likeness (QED) is 0.305. The van der Waals surface area contributed by atoms with Gasteiger partial charge in [0, 0.05) is 28.5 Å². The van der Waals surface area contributed by atoms with Crippen LogP contribution in [-0.2, 0) is 0 Å². The second-order valence-electron chi connectivity index (χ2n) is 10.5. The van der Waals surface area contributed by atoms with Crippen LogP contribution in [0.2, 0.25) is 0 Å². The maximum atomic E-state index is 13.7. The first kappa shape index (κ1) is 22.2. The topological polar surface area (TPSA) is 78.4 Å². The van der Waals surface area contributed by atoms with E-state index < -0.39 is 0 Å². The van der Waals surface area contributed by atoms with Crippen molar-refractivity contribution in [2.75, 3.05) is 10.6 Å². The van der Waals surface area contributed by atoms with Crippen LogP contribution in [0.5, 0.6) is 5.75 Å². The molecule has 5 rings (SSSR count). The van der Waals surface area contributed by atoms with E-state index in [1.165, 1.54) is 6.42 Å². The Morgan fingerprint density at radius 3 is 2.03 bits per heavy atom. The summed E-state index contributed by atoms with van der Waals surface area (Å²) < 4.78 is 0. The second-order valence-corrected chi connectivity index (χ2v) is 10.5. The summed E-state index contributed by atoms with van der Waals surface area (Å²) in [5.74, 6) is 0.458. The highest BCUT2D eigenvalue weighted by Gasteiger charge is 2.36. The summed E-state index contributed by atoms with van der Waals surface area (Å²) in [7, 11) is 0. The van der Waals surface area contributed by atoms with Gasteiger partial charge in [-0.15, -0.1) is 0 Å². The number of aromatic hydroxyl groups is 1. The Labute approximate surface area is 200 Å². The van der Waals surface area contributed by atoms with E-state index in [-0.39, 0.29) is 28.8 Å². The third-order valence-electron chi connectivity index (χ3n) is 6.97. The van der Waals surface area contributed by atoms with Gasteiger partial charge in [0.15, 0.2) is 11.6 Å². The molecule has 0 saturated heterocycles. The molecule has 0 aromatic heterocycles. The number of phenols is 1. The highest BCUT2D eigenvalue weighted by Crippen LogP contribution is 2.42. The lowest BCUT2D eigenvalue weighted by molar-refractivity contribution is 0.0980. The molecule has 2 aliphatic rings. The van der Waals surface area contributed by atoms with E-state index in [9.17, 15) is 14.7 Å². The zero-order chi connectivity index (χ0) is 24.0. The maximum absolute atomic E-state index is 13.7. The minimum atomic E-state index is -0.160. The van der Waals surface area contributed by atoms with Gasteiger partial charge in [0.2, 0.25) is 0 Å². The fraction of sp³-hybridized carbons (Fsp3) is 0.310. The Bertz CT molecular complexity index is 1280. The Kier molecular flexibility index (Phi) is 5.43. The first-order valence-electron chi connectivity index (χ1n) is 11.9. The monoisotopic (exact) mass is 454 g/mol. The van der Waals surface area contributed by atoms with E-state index in [0.717, 1.165) is 18.5 Å². The molecule has 0 amide bonds. The molecule has 0 bridgehead atoms. The number of carbonyl (C=O) groups excluding carboxylic acids is 2. The van der Waals surface area contributed by atoms with Gasteiger partial charge in [-0.1, -0.05) is 45.0 Å². The molecule has 5 nitrogen and oxygen atoms in total. The number of benzene rings is 3. The molecule has 3 aromatic rings. The maximum Gasteiger partial charge on any atom is 0.196 e. The van der Waals surface area contributed by atoms with E-state index >= 15 is 0 Å². The Morgan fingerprint density at radius 1 is 0.824 bits per heavy atom. The Hall–Kier alpha value is -3.60. The predicted molar refractivity (Wildman–Crippen MR) is 135 cm³/mol. The normalized spacial score (nSPS) is 20.9. The molecule has 3 aromatic carbocycles. The van der Waals surface area contributed by atoms with Crippen molar-refractivity contribution >= 4 is 28.6 Å². The first-order valence-corrected chi connectivity index (χ1v) is 11.9. The highest BCUT2D eigenvalue weighted by atomic mass is 16.3. The van der Waals surface area contributed by atoms with Gasteiger partial charge in [-0.3, -0.25) is 9.59 Å². The Balaban J connectivity index is 1.59. The van der Waals surface area contributed by atoms with Crippen molar-refractivity contribution in [1.82, 2.24) is 0 Å². The first-order chi connectivity index (χ1) is 16.2. The molecular formula is C29H30N2O3. The molecule has 1 fully saturated rings. The smallest absolute Gasteiger partial charge is 0.196 e. The number of fused-ring (bicyclic) bond motifs is 2. The van der Waals surface area contributed by atoms with Crippen molar-refractivity contribution in [3.05, 3.63) is 82.9 Å². The summed E-state index contributed by atoms with van der Waals surface area (Å²) in [5.41, 5.74) is 3.95. The molecule has 0 aliphatic heterocycles. The van der Waals surface area contributed by atoms with Crippen molar-refractivity contribution in [2.45, 2.75) is 46.1 Å². The number of carbonyl (C=O) groups is 2. The zero-order valence-electron chi connectivity index (χ0n) is 19.8. The van der Waals surface area contributed by atoms with Crippen LogP contribution < -0.4 is 10.6 Å². The van der Waals surface area contributed by atoms with Crippen LogP contribution in [0.1, 0.15) is 71.9 Å². The fourth-order valence-electron chi connectivity index (χ4n) is 5.82.